The largest absolute Gasteiger partial charge is 0.312 e. The van der Waals surface area contributed by atoms with Crippen molar-refractivity contribution in [3.05, 3.63) is 0 Å². The molecular formula is C16H32N2. The average Bonchev–Trinajstić information content (AvgIpc) is 2.25. The molecule has 0 radical (unpaired) electrons. The molecule has 106 valence electrons. The SMILES string of the molecule is CCC1CC(NCC2CCC2)CN(CC(C)C)C1. The van der Waals surface area contributed by atoms with Gasteiger partial charge in [0.05, 0.1) is 0 Å². The highest BCUT2D eigenvalue weighted by Gasteiger charge is 2.27. The van der Waals surface area contributed by atoms with Gasteiger partial charge in [0, 0.05) is 25.7 Å². The van der Waals surface area contributed by atoms with E-state index in [-0.39, 0.29) is 0 Å². The molecule has 2 unspecified atom stereocenters. The summed E-state index contributed by atoms with van der Waals surface area (Å²) in [4.78, 5) is 2.70. The fraction of sp³-hybridized carbons (Fsp3) is 1.00. The van der Waals surface area contributed by atoms with Crippen LogP contribution in [-0.2, 0) is 0 Å². The van der Waals surface area contributed by atoms with Crippen LogP contribution in [0, 0.1) is 17.8 Å². The highest BCUT2D eigenvalue weighted by atomic mass is 15.2. The van der Waals surface area contributed by atoms with Gasteiger partial charge in [0.2, 0.25) is 0 Å². The van der Waals surface area contributed by atoms with Crippen molar-refractivity contribution in [3.63, 3.8) is 0 Å². The van der Waals surface area contributed by atoms with E-state index in [1.54, 1.807) is 0 Å². The van der Waals surface area contributed by atoms with Crippen LogP contribution in [0.4, 0.5) is 0 Å². The first-order chi connectivity index (χ1) is 8.67. The second-order valence-electron chi connectivity index (χ2n) is 7.02. The Labute approximate surface area is 114 Å². The summed E-state index contributed by atoms with van der Waals surface area (Å²) in [6.45, 7) is 12.2. The van der Waals surface area contributed by atoms with Crippen molar-refractivity contribution in [2.24, 2.45) is 17.8 Å². The summed E-state index contributed by atoms with van der Waals surface area (Å²) in [6, 6.07) is 0.753. The zero-order valence-electron chi connectivity index (χ0n) is 12.6. The van der Waals surface area contributed by atoms with Crippen molar-refractivity contribution in [1.29, 1.82) is 0 Å². The quantitative estimate of drug-likeness (QED) is 0.781. The van der Waals surface area contributed by atoms with Gasteiger partial charge in [-0.25, -0.2) is 0 Å². The molecule has 1 heterocycles. The Morgan fingerprint density at radius 3 is 2.50 bits per heavy atom. The highest BCUT2D eigenvalue weighted by molar-refractivity contribution is 4.85. The lowest BCUT2D eigenvalue weighted by atomic mass is 9.84. The van der Waals surface area contributed by atoms with E-state index in [4.69, 9.17) is 0 Å². The summed E-state index contributed by atoms with van der Waals surface area (Å²) in [5.74, 6) is 2.70. The van der Waals surface area contributed by atoms with Gasteiger partial charge in [-0.1, -0.05) is 33.6 Å². The molecule has 2 atom stereocenters. The summed E-state index contributed by atoms with van der Waals surface area (Å²) in [5, 5.41) is 3.85. The minimum Gasteiger partial charge on any atom is -0.312 e. The van der Waals surface area contributed by atoms with E-state index in [0.717, 1.165) is 23.8 Å². The van der Waals surface area contributed by atoms with E-state index in [0.29, 0.717) is 0 Å². The average molecular weight is 252 g/mol. The molecule has 1 aliphatic carbocycles. The molecule has 1 N–H and O–H groups in total. The molecule has 0 aromatic rings. The zero-order chi connectivity index (χ0) is 13.0. The molecule has 2 aliphatic rings. The van der Waals surface area contributed by atoms with Crippen molar-refractivity contribution < 1.29 is 0 Å². The van der Waals surface area contributed by atoms with Crippen molar-refractivity contribution >= 4 is 0 Å². The highest BCUT2D eigenvalue weighted by Crippen LogP contribution is 2.26. The van der Waals surface area contributed by atoms with Crippen molar-refractivity contribution in [2.45, 2.75) is 58.9 Å². The Morgan fingerprint density at radius 1 is 1.17 bits per heavy atom. The normalized spacial score (nSPS) is 30.7. The van der Waals surface area contributed by atoms with Crippen LogP contribution in [0.5, 0.6) is 0 Å². The smallest absolute Gasteiger partial charge is 0.0198 e. The van der Waals surface area contributed by atoms with Crippen molar-refractivity contribution in [2.75, 3.05) is 26.2 Å². The maximum Gasteiger partial charge on any atom is 0.0198 e. The molecule has 1 saturated heterocycles. The Balaban J connectivity index is 1.76. The number of piperidine rings is 1. The van der Waals surface area contributed by atoms with Gasteiger partial charge in [0.1, 0.15) is 0 Å². The first kappa shape index (κ1) is 14.3. The van der Waals surface area contributed by atoms with Gasteiger partial charge in [-0.15, -0.1) is 0 Å². The summed E-state index contributed by atoms with van der Waals surface area (Å²) < 4.78 is 0. The minimum atomic E-state index is 0.753. The predicted molar refractivity (Wildman–Crippen MR) is 78.8 cm³/mol. The monoisotopic (exact) mass is 252 g/mol. The lowest BCUT2D eigenvalue weighted by molar-refractivity contribution is 0.121. The molecule has 1 aliphatic heterocycles. The van der Waals surface area contributed by atoms with E-state index in [1.165, 1.54) is 58.3 Å². The van der Waals surface area contributed by atoms with Gasteiger partial charge in [-0.3, -0.25) is 0 Å². The lowest BCUT2D eigenvalue weighted by Gasteiger charge is -2.40. The van der Waals surface area contributed by atoms with E-state index >= 15 is 0 Å². The fourth-order valence-corrected chi connectivity index (χ4v) is 3.44. The minimum absolute atomic E-state index is 0.753. The molecule has 0 spiro atoms. The van der Waals surface area contributed by atoms with Gasteiger partial charge >= 0.3 is 0 Å². The Morgan fingerprint density at radius 2 is 1.94 bits per heavy atom. The molecule has 18 heavy (non-hydrogen) atoms. The summed E-state index contributed by atoms with van der Waals surface area (Å²) in [6.07, 6.45) is 7.14. The molecular weight excluding hydrogens is 220 g/mol. The number of nitrogens with zero attached hydrogens (tertiary/aromatic N) is 1. The summed E-state index contributed by atoms with van der Waals surface area (Å²) >= 11 is 0. The molecule has 1 saturated carbocycles. The van der Waals surface area contributed by atoms with Gasteiger partial charge < -0.3 is 10.2 Å². The van der Waals surface area contributed by atoms with Crippen LogP contribution in [0.1, 0.15) is 52.9 Å². The summed E-state index contributed by atoms with van der Waals surface area (Å²) in [7, 11) is 0. The van der Waals surface area contributed by atoms with Crippen LogP contribution >= 0.6 is 0 Å². The standard InChI is InChI=1S/C16H32N2/c1-4-14-8-16(17-9-15-6-5-7-15)12-18(11-14)10-13(2)3/h13-17H,4-12H2,1-3H3. The molecule has 0 aromatic heterocycles. The second-order valence-corrected chi connectivity index (χ2v) is 7.02. The molecule has 2 rings (SSSR count). The maximum atomic E-state index is 3.85. The third-order valence-corrected chi connectivity index (χ3v) is 4.73. The van der Waals surface area contributed by atoms with E-state index in [2.05, 4.69) is 31.0 Å². The molecule has 2 fully saturated rings. The Hall–Kier alpha value is -0.0800. The molecule has 0 bridgehead atoms. The molecule has 2 nitrogen and oxygen atoms in total. The summed E-state index contributed by atoms with van der Waals surface area (Å²) in [5.41, 5.74) is 0. The topological polar surface area (TPSA) is 15.3 Å². The van der Waals surface area contributed by atoms with E-state index in [1.807, 2.05) is 0 Å². The van der Waals surface area contributed by atoms with Crippen molar-refractivity contribution in [3.8, 4) is 0 Å². The lowest BCUT2D eigenvalue weighted by Crippen LogP contribution is -2.51. The van der Waals surface area contributed by atoms with E-state index < -0.39 is 0 Å². The van der Waals surface area contributed by atoms with Gasteiger partial charge in [-0.05, 0) is 43.6 Å². The predicted octanol–water partition coefficient (Wildman–Crippen LogP) is 3.13. The third-order valence-electron chi connectivity index (χ3n) is 4.73. The van der Waals surface area contributed by atoms with E-state index in [9.17, 15) is 0 Å². The van der Waals surface area contributed by atoms with Gasteiger partial charge in [0.15, 0.2) is 0 Å². The number of hydrogen-bond donors (Lipinski definition) is 1. The fourth-order valence-electron chi connectivity index (χ4n) is 3.44. The van der Waals surface area contributed by atoms with Crippen molar-refractivity contribution in [1.82, 2.24) is 10.2 Å². The van der Waals surface area contributed by atoms with Crippen LogP contribution < -0.4 is 5.32 Å². The van der Waals surface area contributed by atoms with Crippen LogP contribution in [0.15, 0.2) is 0 Å². The number of hydrogen-bond acceptors (Lipinski definition) is 2. The Kier molecular flexibility index (Phi) is 5.50. The number of rotatable bonds is 6. The Bertz CT molecular complexity index is 235. The number of nitrogens with one attached hydrogen (secondary N) is 1. The zero-order valence-corrected chi connectivity index (χ0v) is 12.6. The molecule has 0 amide bonds. The van der Waals surface area contributed by atoms with Crippen LogP contribution in [-0.4, -0.2) is 37.1 Å². The van der Waals surface area contributed by atoms with Gasteiger partial charge in [-0.2, -0.15) is 0 Å². The van der Waals surface area contributed by atoms with Crippen LogP contribution in [0.3, 0.4) is 0 Å². The first-order valence-electron chi connectivity index (χ1n) is 8.13. The number of likely N-dealkylation sites (tertiary alicyclic amines) is 1. The maximum absolute atomic E-state index is 3.85. The van der Waals surface area contributed by atoms with Gasteiger partial charge in [0.25, 0.3) is 0 Å². The van der Waals surface area contributed by atoms with Crippen LogP contribution in [0.25, 0.3) is 0 Å². The second kappa shape index (κ2) is 6.91. The first-order valence-corrected chi connectivity index (χ1v) is 8.13. The molecule has 2 heteroatoms. The molecule has 0 aromatic carbocycles. The van der Waals surface area contributed by atoms with Crippen LogP contribution in [0.2, 0.25) is 0 Å². The third kappa shape index (κ3) is 4.24.